The highest BCUT2D eigenvalue weighted by molar-refractivity contribution is 8.00. The van der Waals surface area contributed by atoms with Gasteiger partial charge in [0.25, 0.3) is 0 Å². The van der Waals surface area contributed by atoms with Crippen LogP contribution in [0.2, 0.25) is 5.02 Å². The lowest BCUT2D eigenvalue weighted by Gasteiger charge is -2.10. The number of nitrogens with two attached hydrogens (primary N) is 1. The second kappa shape index (κ2) is 9.50. The molecule has 3 rings (SSSR count). The van der Waals surface area contributed by atoms with Crippen molar-refractivity contribution < 1.29 is 4.39 Å². The first-order valence-corrected chi connectivity index (χ1v) is 9.60. The van der Waals surface area contributed by atoms with Crippen LogP contribution in [0, 0.1) is 5.82 Å². The van der Waals surface area contributed by atoms with Gasteiger partial charge in [-0.15, -0.1) is 0 Å². The average molecular weight is 413 g/mol. The van der Waals surface area contributed by atoms with Crippen LogP contribution in [-0.4, -0.2) is 19.6 Å². The number of rotatable bonds is 7. The molecule has 0 saturated carbocycles. The van der Waals surface area contributed by atoms with Crippen LogP contribution in [0.4, 0.5) is 15.8 Å². The number of benzene rings is 3. The van der Waals surface area contributed by atoms with E-state index in [1.54, 1.807) is 18.3 Å². The van der Waals surface area contributed by atoms with Crippen molar-refractivity contribution in [2.24, 2.45) is 15.7 Å². The molecule has 0 fully saturated rings. The van der Waals surface area contributed by atoms with Gasteiger partial charge in [0.05, 0.1) is 23.1 Å². The number of halogens is 2. The topological polar surface area (TPSA) is 62.8 Å². The molecule has 3 aromatic rings. The zero-order valence-corrected chi connectivity index (χ0v) is 16.5. The molecule has 0 spiro atoms. The van der Waals surface area contributed by atoms with E-state index in [9.17, 15) is 4.39 Å². The van der Waals surface area contributed by atoms with E-state index in [1.165, 1.54) is 18.0 Å². The maximum absolute atomic E-state index is 14.6. The monoisotopic (exact) mass is 412 g/mol. The third-order valence-electron chi connectivity index (χ3n) is 3.94. The summed E-state index contributed by atoms with van der Waals surface area (Å²) in [5, 5.41) is 0.611. The molecule has 0 aliphatic heterocycles. The minimum Gasteiger partial charge on any atom is -0.323 e. The summed E-state index contributed by atoms with van der Waals surface area (Å²) in [7, 11) is 0. The SMILES string of the molecule is C=Nc1ccc(-c2ccc(NSc3ccccc3Cl)c(F)c2)cc1/C=N\CN. The maximum atomic E-state index is 14.6. The van der Waals surface area contributed by atoms with E-state index >= 15 is 0 Å². The van der Waals surface area contributed by atoms with Crippen molar-refractivity contribution in [3.8, 4) is 11.1 Å². The summed E-state index contributed by atoms with van der Waals surface area (Å²) in [6, 6.07) is 18.0. The first-order valence-electron chi connectivity index (χ1n) is 8.40. The molecule has 7 heteroatoms. The number of nitrogens with zero attached hydrogens (tertiary/aromatic N) is 2. The first kappa shape index (κ1) is 20.1. The molecule has 3 N–H and O–H groups in total. The van der Waals surface area contributed by atoms with E-state index in [2.05, 4.69) is 21.4 Å². The molecular formula is C21H18ClFN4S. The summed E-state index contributed by atoms with van der Waals surface area (Å²) < 4.78 is 17.6. The van der Waals surface area contributed by atoms with Gasteiger partial charge in [0.2, 0.25) is 0 Å². The second-order valence-corrected chi connectivity index (χ2v) is 7.01. The highest BCUT2D eigenvalue weighted by Gasteiger charge is 2.09. The Labute approximate surface area is 172 Å². The Balaban J connectivity index is 1.83. The van der Waals surface area contributed by atoms with Crippen LogP contribution in [-0.2, 0) is 0 Å². The molecule has 0 radical (unpaired) electrons. The molecule has 0 atom stereocenters. The highest BCUT2D eigenvalue weighted by Crippen LogP contribution is 2.32. The van der Waals surface area contributed by atoms with E-state index in [0.717, 1.165) is 21.6 Å². The van der Waals surface area contributed by atoms with Gasteiger partial charge in [-0.25, -0.2) is 4.39 Å². The van der Waals surface area contributed by atoms with Gasteiger partial charge in [-0.05, 0) is 66.2 Å². The summed E-state index contributed by atoms with van der Waals surface area (Å²) in [5.41, 5.74) is 8.85. The van der Waals surface area contributed by atoms with Gasteiger partial charge >= 0.3 is 0 Å². The summed E-state index contributed by atoms with van der Waals surface area (Å²) >= 11 is 7.39. The largest absolute Gasteiger partial charge is 0.323 e. The zero-order valence-electron chi connectivity index (χ0n) is 14.9. The fourth-order valence-electron chi connectivity index (χ4n) is 2.55. The molecule has 4 nitrogen and oxygen atoms in total. The van der Waals surface area contributed by atoms with Crippen LogP contribution in [0.3, 0.4) is 0 Å². The van der Waals surface area contributed by atoms with Crippen molar-refractivity contribution >= 4 is 47.9 Å². The molecule has 0 unspecified atom stereocenters. The Morgan fingerprint density at radius 1 is 1.11 bits per heavy atom. The highest BCUT2D eigenvalue weighted by atomic mass is 35.5. The predicted octanol–water partition coefficient (Wildman–Crippen LogP) is 5.93. The van der Waals surface area contributed by atoms with Crippen LogP contribution in [0.15, 0.2) is 75.5 Å². The maximum Gasteiger partial charge on any atom is 0.147 e. The van der Waals surface area contributed by atoms with E-state index in [1.807, 2.05) is 42.5 Å². The molecule has 0 amide bonds. The summed E-state index contributed by atoms with van der Waals surface area (Å²) in [4.78, 5) is 8.84. The lowest BCUT2D eigenvalue weighted by atomic mass is 10.0. The number of anilines is 1. The Hall–Kier alpha value is -2.67. The molecule has 142 valence electrons. The second-order valence-electron chi connectivity index (χ2n) is 5.76. The Bertz CT molecular complexity index is 1020. The minimum atomic E-state index is -0.361. The Morgan fingerprint density at radius 3 is 2.57 bits per heavy atom. The van der Waals surface area contributed by atoms with Gasteiger partial charge < -0.3 is 10.5 Å². The van der Waals surface area contributed by atoms with E-state index in [-0.39, 0.29) is 12.5 Å². The van der Waals surface area contributed by atoms with Crippen LogP contribution >= 0.6 is 23.5 Å². The van der Waals surface area contributed by atoms with Crippen LogP contribution < -0.4 is 10.5 Å². The van der Waals surface area contributed by atoms with Crippen molar-refractivity contribution in [2.45, 2.75) is 4.90 Å². The fourth-order valence-corrected chi connectivity index (χ4v) is 3.50. The van der Waals surface area contributed by atoms with Gasteiger partial charge in [-0.1, -0.05) is 35.9 Å². The van der Waals surface area contributed by atoms with Crippen LogP contribution in [0.5, 0.6) is 0 Å². The third kappa shape index (κ3) is 4.78. The Kier molecular flexibility index (Phi) is 6.81. The number of nitrogens with one attached hydrogen (secondary N) is 1. The van der Waals surface area contributed by atoms with Gasteiger partial charge in [0.1, 0.15) is 5.82 Å². The molecule has 3 aromatic carbocycles. The van der Waals surface area contributed by atoms with Crippen LogP contribution in [0.25, 0.3) is 11.1 Å². The van der Waals surface area contributed by atoms with Crippen molar-refractivity contribution in [2.75, 3.05) is 11.4 Å². The molecule has 0 aliphatic rings. The van der Waals surface area contributed by atoms with Gasteiger partial charge in [0.15, 0.2) is 0 Å². The normalized spacial score (nSPS) is 11.0. The van der Waals surface area contributed by atoms with Gasteiger partial charge in [-0.3, -0.25) is 9.98 Å². The molecule has 0 saturated heterocycles. The fraction of sp³-hybridized carbons (Fsp3) is 0.0476. The molecular weight excluding hydrogens is 395 g/mol. The summed E-state index contributed by atoms with van der Waals surface area (Å²) in [6.07, 6.45) is 1.64. The predicted molar refractivity (Wildman–Crippen MR) is 119 cm³/mol. The molecule has 28 heavy (non-hydrogen) atoms. The zero-order chi connectivity index (χ0) is 19.9. The van der Waals surface area contributed by atoms with E-state index in [0.29, 0.717) is 16.4 Å². The van der Waals surface area contributed by atoms with Crippen molar-refractivity contribution in [1.29, 1.82) is 0 Å². The third-order valence-corrected chi connectivity index (χ3v) is 5.28. The van der Waals surface area contributed by atoms with Crippen molar-refractivity contribution in [3.05, 3.63) is 77.1 Å². The van der Waals surface area contributed by atoms with Gasteiger partial charge in [0, 0.05) is 16.7 Å². The van der Waals surface area contributed by atoms with Gasteiger partial charge in [-0.2, -0.15) is 0 Å². The molecule has 0 heterocycles. The number of hydrogen-bond donors (Lipinski definition) is 2. The lowest BCUT2D eigenvalue weighted by Crippen LogP contribution is -1.95. The van der Waals surface area contributed by atoms with Crippen LogP contribution in [0.1, 0.15) is 5.56 Å². The summed E-state index contributed by atoms with van der Waals surface area (Å²) in [6.45, 7) is 3.74. The smallest absolute Gasteiger partial charge is 0.147 e. The van der Waals surface area contributed by atoms with E-state index in [4.69, 9.17) is 17.3 Å². The standard InChI is InChI=1S/C21H18ClFN4S/c1-25-19-8-6-14(10-16(19)12-26-13-24)15-7-9-20(18(23)11-15)27-28-21-5-3-2-4-17(21)22/h2-12,27H,1,13,24H2/b26-12-. The first-order chi connectivity index (χ1) is 13.6. The number of hydrogen-bond acceptors (Lipinski definition) is 5. The molecule has 0 aliphatic carbocycles. The summed E-state index contributed by atoms with van der Waals surface area (Å²) in [5.74, 6) is -0.361. The number of aliphatic imine (C=N–C) groups is 2. The molecule has 0 bridgehead atoms. The van der Waals surface area contributed by atoms with Crippen molar-refractivity contribution in [1.82, 2.24) is 0 Å². The average Bonchev–Trinajstić information content (AvgIpc) is 2.72. The minimum absolute atomic E-state index is 0.179. The van der Waals surface area contributed by atoms with E-state index < -0.39 is 0 Å². The lowest BCUT2D eigenvalue weighted by molar-refractivity contribution is 0.633. The van der Waals surface area contributed by atoms with Crippen molar-refractivity contribution in [3.63, 3.8) is 0 Å². The quantitative estimate of drug-likeness (QED) is 0.373. The molecule has 0 aromatic heterocycles. The Morgan fingerprint density at radius 2 is 1.86 bits per heavy atom.